The first kappa shape index (κ1) is 9.26. The summed E-state index contributed by atoms with van der Waals surface area (Å²) in [5.41, 5.74) is 0. The molecule has 0 saturated carbocycles. The Morgan fingerprint density at radius 3 is 2.92 bits per heavy atom. The number of nitrogens with zero attached hydrogens (tertiary/aromatic N) is 1. The summed E-state index contributed by atoms with van der Waals surface area (Å²) in [5, 5.41) is 8.41. The molecule has 0 atom stereocenters. The maximum atomic E-state index is 10.2. The molecule has 1 rings (SSSR count). The molecule has 12 heavy (non-hydrogen) atoms. The van der Waals surface area contributed by atoms with Gasteiger partial charge in [0.2, 0.25) is 0 Å². The number of aliphatic carboxylic acids is 1. The van der Waals surface area contributed by atoms with Gasteiger partial charge in [0.05, 0.1) is 0 Å². The molecule has 1 aliphatic heterocycles. The van der Waals surface area contributed by atoms with Gasteiger partial charge >= 0.3 is 5.97 Å². The van der Waals surface area contributed by atoms with Gasteiger partial charge in [-0.15, -0.1) is 0 Å². The fraction of sp³-hybridized carbons (Fsp3) is 0.667. The monoisotopic (exact) mass is 169 g/mol. The zero-order valence-corrected chi connectivity index (χ0v) is 7.20. The van der Waals surface area contributed by atoms with E-state index in [0.29, 0.717) is 6.42 Å². The molecule has 0 aromatic carbocycles. The zero-order valence-electron chi connectivity index (χ0n) is 7.20. The van der Waals surface area contributed by atoms with Crippen LogP contribution in [0.2, 0.25) is 0 Å². The van der Waals surface area contributed by atoms with Crippen molar-refractivity contribution in [2.24, 2.45) is 0 Å². The van der Waals surface area contributed by atoms with Crippen molar-refractivity contribution in [2.75, 3.05) is 19.6 Å². The standard InChI is InChI=1S/C9H15NO2/c11-9(12)5-4-8-10-6-2-1-3-7-10/h1-2H,3-8H2,(H,11,12). The van der Waals surface area contributed by atoms with E-state index in [4.69, 9.17) is 5.11 Å². The van der Waals surface area contributed by atoms with E-state index < -0.39 is 5.97 Å². The molecule has 0 fully saturated rings. The van der Waals surface area contributed by atoms with E-state index in [2.05, 4.69) is 17.1 Å². The summed E-state index contributed by atoms with van der Waals surface area (Å²) in [5.74, 6) is -0.692. The van der Waals surface area contributed by atoms with Crippen molar-refractivity contribution in [2.45, 2.75) is 19.3 Å². The second-order valence-electron chi connectivity index (χ2n) is 3.06. The number of rotatable bonds is 4. The highest BCUT2D eigenvalue weighted by atomic mass is 16.4. The van der Waals surface area contributed by atoms with Crippen molar-refractivity contribution < 1.29 is 9.90 Å². The van der Waals surface area contributed by atoms with E-state index in [1.165, 1.54) is 0 Å². The van der Waals surface area contributed by atoms with Gasteiger partial charge in [-0.25, -0.2) is 0 Å². The lowest BCUT2D eigenvalue weighted by Gasteiger charge is -2.22. The third-order valence-corrected chi connectivity index (χ3v) is 2.01. The number of carboxylic acid groups (broad SMARTS) is 1. The second-order valence-corrected chi connectivity index (χ2v) is 3.06. The highest BCUT2D eigenvalue weighted by Gasteiger charge is 2.05. The first-order valence-corrected chi connectivity index (χ1v) is 4.38. The van der Waals surface area contributed by atoms with Crippen molar-refractivity contribution in [3.63, 3.8) is 0 Å². The quantitative estimate of drug-likeness (QED) is 0.641. The average Bonchev–Trinajstić information content (AvgIpc) is 2.05. The molecule has 0 aromatic heterocycles. The van der Waals surface area contributed by atoms with Crippen LogP contribution in [-0.4, -0.2) is 35.6 Å². The Bertz CT molecular complexity index is 177. The van der Waals surface area contributed by atoms with Crippen molar-refractivity contribution in [1.82, 2.24) is 4.90 Å². The molecule has 0 aliphatic carbocycles. The topological polar surface area (TPSA) is 40.5 Å². The number of carboxylic acids is 1. The Hall–Kier alpha value is -0.830. The smallest absolute Gasteiger partial charge is 0.303 e. The Morgan fingerprint density at radius 2 is 2.33 bits per heavy atom. The highest BCUT2D eigenvalue weighted by molar-refractivity contribution is 5.66. The van der Waals surface area contributed by atoms with Gasteiger partial charge in [0.1, 0.15) is 0 Å². The van der Waals surface area contributed by atoms with Gasteiger partial charge in [-0.3, -0.25) is 9.69 Å². The molecule has 3 heteroatoms. The molecule has 0 unspecified atom stereocenters. The minimum absolute atomic E-state index is 0.292. The Balaban J connectivity index is 2.06. The van der Waals surface area contributed by atoms with Gasteiger partial charge in [0, 0.05) is 19.5 Å². The van der Waals surface area contributed by atoms with E-state index in [9.17, 15) is 4.79 Å². The molecule has 68 valence electrons. The van der Waals surface area contributed by atoms with Crippen LogP contribution in [0.25, 0.3) is 0 Å². The SMILES string of the molecule is O=C(O)CCCN1CC=CCC1. The van der Waals surface area contributed by atoms with Crippen LogP contribution in [0.15, 0.2) is 12.2 Å². The van der Waals surface area contributed by atoms with E-state index >= 15 is 0 Å². The van der Waals surface area contributed by atoms with Gasteiger partial charge in [-0.1, -0.05) is 12.2 Å². The van der Waals surface area contributed by atoms with E-state index in [1.807, 2.05) is 0 Å². The highest BCUT2D eigenvalue weighted by Crippen LogP contribution is 2.02. The molecule has 1 heterocycles. The summed E-state index contributed by atoms with van der Waals surface area (Å²) in [6.45, 7) is 2.98. The van der Waals surface area contributed by atoms with Gasteiger partial charge in [0.25, 0.3) is 0 Å². The second kappa shape index (κ2) is 4.93. The normalized spacial score (nSPS) is 18.0. The molecule has 1 aliphatic rings. The maximum Gasteiger partial charge on any atom is 0.303 e. The summed E-state index contributed by atoms with van der Waals surface area (Å²) >= 11 is 0. The third kappa shape index (κ3) is 3.53. The van der Waals surface area contributed by atoms with Crippen molar-refractivity contribution in [1.29, 1.82) is 0 Å². The number of carbonyl (C=O) groups is 1. The Labute approximate surface area is 72.7 Å². The molecule has 1 N–H and O–H groups in total. The molecular formula is C9H15NO2. The van der Waals surface area contributed by atoms with E-state index in [-0.39, 0.29) is 0 Å². The van der Waals surface area contributed by atoms with Crippen LogP contribution in [0.4, 0.5) is 0 Å². The predicted octanol–water partition coefficient (Wildman–Crippen LogP) is 1.11. The summed E-state index contributed by atoms with van der Waals surface area (Å²) in [6.07, 6.45) is 6.48. The maximum absolute atomic E-state index is 10.2. The van der Waals surface area contributed by atoms with E-state index in [1.54, 1.807) is 0 Å². The summed E-state index contributed by atoms with van der Waals surface area (Å²) < 4.78 is 0. The Kier molecular flexibility index (Phi) is 3.80. The van der Waals surface area contributed by atoms with Crippen LogP contribution in [0.3, 0.4) is 0 Å². The first-order valence-electron chi connectivity index (χ1n) is 4.38. The fourth-order valence-corrected chi connectivity index (χ4v) is 1.35. The lowest BCUT2D eigenvalue weighted by atomic mass is 10.2. The van der Waals surface area contributed by atoms with Crippen LogP contribution in [0.5, 0.6) is 0 Å². The summed E-state index contributed by atoms with van der Waals surface area (Å²) in [7, 11) is 0. The predicted molar refractivity (Wildman–Crippen MR) is 47.1 cm³/mol. The molecule has 0 bridgehead atoms. The van der Waals surface area contributed by atoms with Crippen LogP contribution in [0, 0.1) is 0 Å². The van der Waals surface area contributed by atoms with Crippen molar-refractivity contribution in [3.05, 3.63) is 12.2 Å². The van der Waals surface area contributed by atoms with Crippen molar-refractivity contribution in [3.8, 4) is 0 Å². The van der Waals surface area contributed by atoms with Crippen LogP contribution < -0.4 is 0 Å². The van der Waals surface area contributed by atoms with Gasteiger partial charge < -0.3 is 5.11 Å². The summed E-state index contributed by atoms with van der Waals surface area (Å²) in [4.78, 5) is 12.5. The largest absolute Gasteiger partial charge is 0.481 e. The third-order valence-electron chi connectivity index (χ3n) is 2.01. The molecule has 0 spiro atoms. The lowest BCUT2D eigenvalue weighted by Crippen LogP contribution is -2.28. The number of hydrogen-bond donors (Lipinski definition) is 1. The lowest BCUT2D eigenvalue weighted by molar-refractivity contribution is -0.137. The fourth-order valence-electron chi connectivity index (χ4n) is 1.35. The molecule has 0 radical (unpaired) electrons. The Morgan fingerprint density at radius 1 is 1.50 bits per heavy atom. The molecule has 0 aromatic rings. The minimum atomic E-state index is -0.692. The minimum Gasteiger partial charge on any atom is -0.481 e. The van der Waals surface area contributed by atoms with Crippen LogP contribution in [-0.2, 0) is 4.79 Å². The average molecular weight is 169 g/mol. The van der Waals surface area contributed by atoms with Crippen LogP contribution >= 0.6 is 0 Å². The van der Waals surface area contributed by atoms with Gasteiger partial charge in [0.15, 0.2) is 0 Å². The van der Waals surface area contributed by atoms with Crippen LogP contribution in [0.1, 0.15) is 19.3 Å². The molecule has 3 nitrogen and oxygen atoms in total. The van der Waals surface area contributed by atoms with E-state index in [0.717, 1.165) is 32.5 Å². The zero-order chi connectivity index (χ0) is 8.81. The molecule has 0 amide bonds. The van der Waals surface area contributed by atoms with Crippen molar-refractivity contribution >= 4 is 5.97 Å². The van der Waals surface area contributed by atoms with Gasteiger partial charge in [-0.05, 0) is 19.4 Å². The first-order chi connectivity index (χ1) is 5.79. The molecular weight excluding hydrogens is 154 g/mol. The summed E-state index contributed by atoms with van der Waals surface area (Å²) in [6, 6.07) is 0. The van der Waals surface area contributed by atoms with Gasteiger partial charge in [-0.2, -0.15) is 0 Å². The number of hydrogen-bond acceptors (Lipinski definition) is 2. The molecule has 0 saturated heterocycles.